The Bertz CT molecular complexity index is 244. The molecule has 0 saturated heterocycles. The molecule has 3 N–H and O–H groups in total. The molecule has 2 unspecified atom stereocenters. The van der Waals surface area contributed by atoms with Gasteiger partial charge in [-0.2, -0.15) is 0 Å². The van der Waals surface area contributed by atoms with Crippen molar-refractivity contribution in [2.45, 2.75) is 32.7 Å². The monoisotopic (exact) mass is 247 g/mol. The second-order valence-corrected chi connectivity index (χ2v) is 4.01. The van der Waals surface area contributed by atoms with Gasteiger partial charge in [0, 0.05) is 6.92 Å². The number of carbonyl (C=O) groups is 2. The van der Waals surface area contributed by atoms with Crippen molar-refractivity contribution in [3.63, 3.8) is 0 Å². The minimum Gasteiger partial charge on any atom is -0.466 e. The van der Waals surface area contributed by atoms with Crippen molar-refractivity contribution in [1.29, 1.82) is 0 Å². The molecule has 0 aliphatic rings. The number of hydrogen-bond donors (Lipinski definition) is 2. The van der Waals surface area contributed by atoms with Crippen LogP contribution in [0.1, 0.15) is 26.7 Å². The summed E-state index contributed by atoms with van der Waals surface area (Å²) in [7, 11) is 0. The third-order valence-electron chi connectivity index (χ3n) is 2.16. The van der Waals surface area contributed by atoms with E-state index in [0.717, 1.165) is 6.42 Å². The van der Waals surface area contributed by atoms with Crippen LogP contribution in [0.15, 0.2) is 0 Å². The highest BCUT2D eigenvalue weighted by Gasteiger charge is 2.13. The van der Waals surface area contributed by atoms with E-state index in [0.29, 0.717) is 13.0 Å². The quantitative estimate of drug-likeness (QED) is 0.456. The maximum atomic E-state index is 11.1. The molecule has 100 valence electrons. The molecule has 0 aliphatic carbocycles. The minimum atomic E-state index is -0.964. The third-order valence-corrected chi connectivity index (χ3v) is 2.16. The molecule has 0 aromatic heterocycles. The zero-order valence-electron chi connectivity index (χ0n) is 10.3. The number of rotatable bonds is 8. The summed E-state index contributed by atoms with van der Waals surface area (Å²) in [6.45, 7) is 3.53. The van der Waals surface area contributed by atoms with Crippen LogP contribution in [0.3, 0.4) is 0 Å². The van der Waals surface area contributed by atoms with Gasteiger partial charge in [0.05, 0.1) is 19.8 Å². The fraction of sp³-hybridized carbons (Fsp3) is 0.818. The fourth-order valence-electron chi connectivity index (χ4n) is 1.13. The number of carbonyl (C=O) groups excluding carboxylic acids is 2. The number of esters is 2. The average Bonchev–Trinajstić information content (AvgIpc) is 2.30. The number of nitrogens with two attached hydrogens (primary N) is 1. The molecule has 0 aromatic carbocycles. The van der Waals surface area contributed by atoms with Gasteiger partial charge in [0.15, 0.2) is 0 Å². The van der Waals surface area contributed by atoms with Gasteiger partial charge in [-0.15, -0.1) is 0 Å². The summed E-state index contributed by atoms with van der Waals surface area (Å²) in [6.07, 6.45) is 1.46. The summed E-state index contributed by atoms with van der Waals surface area (Å²) in [5.74, 6) is -0.665. The minimum absolute atomic E-state index is 0.226. The molecule has 0 aliphatic heterocycles. The zero-order valence-corrected chi connectivity index (χ0v) is 10.3. The molecule has 0 fully saturated rings. The number of aliphatic hydroxyl groups excluding tert-OH is 1. The van der Waals surface area contributed by atoms with E-state index in [2.05, 4.69) is 0 Å². The van der Waals surface area contributed by atoms with Crippen LogP contribution in [-0.4, -0.2) is 42.9 Å². The van der Waals surface area contributed by atoms with Crippen molar-refractivity contribution in [2.75, 3.05) is 19.8 Å². The van der Waals surface area contributed by atoms with Gasteiger partial charge >= 0.3 is 11.9 Å². The first kappa shape index (κ1) is 15.9. The lowest BCUT2D eigenvalue weighted by Crippen LogP contribution is -2.35. The first-order valence-corrected chi connectivity index (χ1v) is 5.63. The van der Waals surface area contributed by atoms with E-state index in [4.69, 9.17) is 20.3 Å². The van der Waals surface area contributed by atoms with E-state index < -0.39 is 18.6 Å². The largest absolute Gasteiger partial charge is 0.466 e. The van der Waals surface area contributed by atoms with Crippen molar-refractivity contribution in [3.05, 3.63) is 0 Å². The Morgan fingerprint density at radius 1 is 1.35 bits per heavy atom. The molecule has 2 atom stereocenters. The van der Waals surface area contributed by atoms with Crippen molar-refractivity contribution in [1.82, 2.24) is 0 Å². The highest BCUT2D eigenvalue weighted by molar-refractivity contribution is 5.75. The Morgan fingerprint density at radius 2 is 2.00 bits per heavy atom. The van der Waals surface area contributed by atoms with Gasteiger partial charge in [-0.05, 0) is 18.8 Å². The number of ether oxygens (including phenoxy) is 2. The fourth-order valence-corrected chi connectivity index (χ4v) is 1.13. The van der Waals surface area contributed by atoms with E-state index in [9.17, 15) is 9.59 Å². The summed E-state index contributed by atoms with van der Waals surface area (Å²) in [4.78, 5) is 21.6. The molecule has 6 heteroatoms. The predicted molar refractivity (Wildman–Crippen MR) is 61.1 cm³/mol. The molecule has 0 bridgehead atoms. The summed E-state index contributed by atoms with van der Waals surface area (Å²) >= 11 is 0. The van der Waals surface area contributed by atoms with Crippen LogP contribution in [0.2, 0.25) is 0 Å². The van der Waals surface area contributed by atoms with Crippen molar-refractivity contribution >= 4 is 11.9 Å². The van der Waals surface area contributed by atoms with Crippen LogP contribution < -0.4 is 5.73 Å². The predicted octanol–water partition coefficient (Wildman–Crippen LogP) is -0.171. The topological polar surface area (TPSA) is 98.9 Å². The lowest BCUT2D eigenvalue weighted by Gasteiger charge is -2.12. The van der Waals surface area contributed by atoms with Gasteiger partial charge in [0.1, 0.15) is 6.04 Å². The highest BCUT2D eigenvalue weighted by atomic mass is 16.5. The molecule has 6 nitrogen and oxygen atoms in total. The molecule has 0 spiro atoms. The van der Waals surface area contributed by atoms with Crippen LogP contribution in [0, 0.1) is 5.92 Å². The van der Waals surface area contributed by atoms with Crippen LogP contribution in [-0.2, 0) is 19.1 Å². The maximum absolute atomic E-state index is 11.1. The average molecular weight is 247 g/mol. The van der Waals surface area contributed by atoms with Crippen LogP contribution >= 0.6 is 0 Å². The molecule has 17 heavy (non-hydrogen) atoms. The Labute approximate surface area is 101 Å². The standard InChI is InChI=1S/C11H21NO5/c1-8(7-17-9(2)14)4-3-5-16-11(15)10(12)6-13/h8,10,13H,3-7,12H2,1-2H3. The van der Waals surface area contributed by atoms with Crippen molar-refractivity contribution in [3.8, 4) is 0 Å². The van der Waals surface area contributed by atoms with Gasteiger partial charge in [-0.25, -0.2) is 0 Å². The van der Waals surface area contributed by atoms with Gasteiger partial charge in [-0.3, -0.25) is 9.59 Å². The van der Waals surface area contributed by atoms with Gasteiger partial charge in [-0.1, -0.05) is 6.92 Å². The van der Waals surface area contributed by atoms with E-state index in [1.807, 2.05) is 6.92 Å². The Kier molecular flexibility index (Phi) is 8.35. The van der Waals surface area contributed by atoms with Crippen LogP contribution in [0.5, 0.6) is 0 Å². The molecule has 0 saturated carbocycles. The second-order valence-electron chi connectivity index (χ2n) is 4.01. The highest BCUT2D eigenvalue weighted by Crippen LogP contribution is 2.06. The lowest BCUT2D eigenvalue weighted by molar-refractivity contribution is -0.146. The van der Waals surface area contributed by atoms with Gasteiger partial charge < -0.3 is 20.3 Å². The molecule has 0 heterocycles. The van der Waals surface area contributed by atoms with Crippen LogP contribution in [0.4, 0.5) is 0 Å². The van der Waals surface area contributed by atoms with E-state index in [-0.39, 0.29) is 18.5 Å². The SMILES string of the molecule is CC(=O)OCC(C)CCCOC(=O)C(N)CO. The van der Waals surface area contributed by atoms with E-state index in [1.54, 1.807) is 0 Å². The van der Waals surface area contributed by atoms with Crippen molar-refractivity contribution < 1.29 is 24.2 Å². The molecular weight excluding hydrogens is 226 g/mol. The number of hydrogen-bond acceptors (Lipinski definition) is 6. The summed E-state index contributed by atoms with van der Waals surface area (Å²) < 4.78 is 9.68. The number of aliphatic hydroxyl groups is 1. The summed E-state index contributed by atoms with van der Waals surface area (Å²) in [5, 5.41) is 8.60. The summed E-state index contributed by atoms with van der Waals surface area (Å²) in [6, 6.07) is -0.964. The maximum Gasteiger partial charge on any atom is 0.325 e. The Hall–Kier alpha value is -1.14. The normalized spacial score (nSPS) is 13.9. The van der Waals surface area contributed by atoms with Crippen molar-refractivity contribution in [2.24, 2.45) is 11.7 Å². The summed E-state index contributed by atoms with van der Waals surface area (Å²) in [5.41, 5.74) is 5.26. The van der Waals surface area contributed by atoms with Crippen LogP contribution in [0.25, 0.3) is 0 Å². The third kappa shape index (κ3) is 8.65. The zero-order chi connectivity index (χ0) is 13.3. The van der Waals surface area contributed by atoms with E-state index >= 15 is 0 Å². The molecule has 0 aromatic rings. The molecule has 0 radical (unpaired) electrons. The molecular formula is C11H21NO5. The Balaban J connectivity index is 3.50. The molecule has 0 rings (SSSR count). The Morgan fingerprint density at radius 3 is 2.53 bits per heavy atom. The molecule has 0 amide bonds. The lowest BCUT2D eigenvalue weighted by atomic mass is 10.1. The first-order chi connectivity index (χ1) is 7.97. The van der Waals surface area contributed by atoms with Gasteiger partial charge in [0.2, 0.25) is 0 Å². The van der Waals surface area contributed by atoms with E-state index in [1.165, 1.54) is 6.92 Å². The first-order valence-electron chi connectivity index (χ1n) is 5.63. The smallest absolute Gasteiger partial charge is 0.325 e. The van der Waals surface area contributed by atoms with Gasteiger partial charge in [0.25, 0.3) is 0 Å². The second kappa shape index (κ2) is 8.95.